The first-order valence-electron chi connectivity index (χ1n) is 6.07. The highest BCUT2D eigenvalue weighted by atomic mass is 16.6. The normalized spacial score (nSPS) is 19.7. The predicted octanol–water partition coefficient (Wildman–Crippen LogP) is 1.68. The topological polar surface area (TPSA) is 105 Å². The van der Waals surface area contributed by atoms with Crippen molar-refractivity contribution in [2.24, 2.45) is 10.9 Å². The Morgan fingerprint density at radius 3 is 2.89 bits per heavy atom. The van der Waals surface area contributed by atoms with Crippen molar-refractivity contribution in [3.05, 3.63) is 33.9 Å². The largest absolute Gasteiger partial charge is 0.409 e. The van der Waals surface area contributed by atoms with E-state index in [1.807, 2.05) is 11.8 Å². The van der Waals surface area contributed by atoms with E-state index in [2.05, 4.69) is 5.16 Å². The fraction of sp³-hybridized carbons (Fsp3) is 0.417. The van der Waals surface area contributed by atoms with Crippen LogP contribution < -0.4 is 10.6 Å². The van der Waals surface area contributed by atoms with Crippen molar-refractivity contribution in [1.82, 2.24) is 0 Å². The maximum Gasteiger partial charge on any atom is 0.293 e. The predicted molar refractivity (Wildman–Crippen MR) is 71.6 cm³/mol. The van der Waals surface area contributed by atoms with Crippen LogP contribution in [-0.2, 0) is 0 Å². The zero-order chi connectivity index (χ0) is 14.0. The van der Waals surface area contributed by atoms with Gasteiger partial charge in [-0.3, -0.25) is 10.1 Å². The smallest absolute Gasteiger partial charge is 0.293 e. The molecule has 7 nitrogen and oxygen atoms in total. The van der Waals surface area contributed by atoms with Crippen LogP contribution in [0.4, 0.5) is 11.4 Å². The number of oxime groups is 1. The summed E-state index contributed by atoms with van der Waals surface area (Å²) < 4.78 is 0. The monoisotopic (exact) mass is 264 g/mol. The van der Waals surface area contributed by atoms with E-state index in [0.29, 0.717) is 11.3 Å². The van der Waals surface area contributed by atoms with Crippen LogP contribution in [0.15, 0.2) is 23.4 Å². The lowest BCUT2D eigenvalue weighted by atomic mass is 10.1. The van der Waals surface area contributed by atoms with Gasteiger partial charge in [-0.2, -0.15) is 0 Å². The molecule has 1 aromatic rings. The lowest BCUT2D eigenvalue weighted by molar-refractivity contribution is -0.384. The molecule has 1 atom stereocenters. The van der Waals surface area contributed by atoms with Gasteiger partial charge in [0.15, 0.2) is 5.84 Å². The summed E-state index contributed by atoms with van der Waals surface area (Å²) in [5, 5.41) is 22.7. The van der Waals surface area contributed by atoms with E-state index in [0.717, 1.165) is 19.4 Å². The molecular weight excluding hydrogens is 248 g/mol. The first-order chi connectivity index (χ1) is 9.04. The van der Waals surface area contributed by atoms with Gasteiger partial charge in [0.2, 0.25) is 0 Å². The van der Waals surface area contributed by atoms with Crippen LogP contribution in [0.5, 0.6) is 0 Å². The Kier molecular flexibility index (Phi) is 3.55. The molecule has 7 heteroatoms. The Hall–Kier alpha value is -2.31. The molecule has 1 aromatic carbocycles. The van der Waals surface area contributed by atoms with E-state index in [1.165, 1.54) is 6.07 Å². The zero-order valence-corrected chi connectivity index (χ0v) is 10.6. The number of nitro benzene ring substituents is 1. The van der Waals surface area contributed by atoms with Crippen molar-refractivity contribution >= 4 is 17.2 Å². The first-order valence-corrected chi connectivity index (χ1v) is 6.07. The number of hydrogen-bond acceptors (Lipinski definition) is 5. The number of rotatable bonds is 3. The molecule has 0 saturated carbocycles. The second-order valence-corrected chi connectivity index (χ2v) is 4.63. The second kappa shape index (κ2) is 5.13. The molecule has 0 radical (unpaired) electrons. The van der Waals surface area contributed by atoms with Crippen molar-refractivity contribution < 1.29 is 10.1 Å². The number of anilines is 1. The van der Waals surface area contributed by atoms with Gasteiger partial charge in [0.05, 0.1) is 4.92 Å². The minimum absolute atomic E-state index is 0.0159. The summed E-state index contributed by atoms with van der Waals surface area (Å²) in [5.74, 6) is -0.135. The van der Waals surface area contributed by atoms with Crippen LogP contribution in [0.2, 0.25) is 0 Å². The molecular formula is C12H16N4O3. The van der Waals surface area contributed by atoms with Crippen LogP contribution in [-0.4, -0.2) is 28.6 Å². The third-order valence-electron chi connectivity index (χ3n) is 3.44. The molecule has 1 heterocycles. The first kappa shape index (κ1) is 13.1. The number of nitrogens with two attached hydrogens (primary N) is 1. The molecule has 19 heavy (non-hydrogen) atoms. The van der Waals surface area contributed by atoms with Crippen LogP contribution in [0.3, 0.4) is 0 Å². The average molecular weight is 264 g/mol. The Morgan fingerprint density at radius 1 is 1.63 bits per heavy atom. The van der Waals surface area contributed by atoms with E-state index < -0.39 is 4.92 Å². The van der Waals surface area contributed by atoms with E-state index >= 15 is 0 Å². The van der Waals surface area contributed by atoms with Crippen LogP contribution in [0.1, 0.15) is 25.3 Å². The van der Waals surface area contributed by atoms with Gasteiger partial charge in [0.25, 0.3) is 5.69 Å². The molecule has 0 spiro atoms. The van der Waals surface area contributed by atoms with Crippen LogP contribution in [0, 0.1) is 10.1 Å². The fourth-order valence-corrected chi connectivity index (χ4v) is 2.42. The van der Waals surface area contributed by atoms with E-state index in [-0.39, 0.29) is 17.6 Å². The average Bonchev–Trinajstić information content (AvgIpc) is 2.83. The zero-order valence-electron chi connectivity index (χ0n) is 10.6. The number of amidine groups is 1. The molecule has 1 saturated heterocycles. The maximum absolute atomic E-state index is 11.2. The second-order valence-electron chi connectivity index (χ2n) is 4.63. The summed E-state index contributed by atoms with van der Waals surface area (Å²) in [6, 6.07) is 4.92. The minimum atomic E-state index is -0.436. The number of hydrogen-bond donors (Lipinski definition) is 2. The van der Waals surface area contributed by atoms with Crippen molar-refractivity contribution in [3.8, 4) is 0 Å². The number of benzene rings is 1. The quantitative estimate of drug-likeness (QED) is 0.284. The molecule has 0 amide bonds. The van der Waals surface area contributed by atoms with Crippen molar-refractivity contribution in [1.29, 1.82) is 0 Å². The Bertz CT molecular complexity index is 530. The molecule has 1 aliphatic heterocycles. The SMILES string of the molecule is CC1CCCN1c1ccc(C(N)=NO)cc1[N+](=O)[O-]. The van der Waals surface area contributed by atoms with Gasteiger partial charge in [0.1, 0.15) is 5.69 Å². The number of nitro groups is 1. The minimum Gasteiger partial charge on any atom is -0.409 e. The molecule has 1 unspecified atom stereocenters. The lowest BCUT2D eigenvalue weighted by Gasteiger charge is -2.23. The van der Waals surface area contributed by atoms with Gasteiger partial charge >= 0.3 is 0 Å². The van der Waals surface area contributed by atoms with Gasteiger partial charge in [-0.05, 0) is 31.9 Å². The highest BCUT2D eigenvalue weighted by Gasteiger charge is 2.27. The summed E-state index contributed by atoms with van der Waals surface area (Å²) in [7, 11) is 0. The summed E-state index contributed by atoms with van der Waals surface area (Å²) in [6.45, 7) is 2.86. The van der Waals surface area contributed by atoms with Gasteiger partial charge in [-0.1, -0.05) is 5.16 Å². The fourth-order valence-electron chi connectivity index (χ4n) is 2.42. The molecule has 1 aliphatic rings. The Labute approximate surface area is 110 Å². The molecule has 2 rings (SSSR count). The number of nitrogens with zero attached hydrogens (tertiary/aromatic N) is 3. The molecule has 1 fully saturated rings. The molecule has 0 aromatic heterocycles. The van der Waals surface area contributed by atoms with Crippen LogP contribution >= 0.6 is 0 Å². The molecule has 102 valence electrons. The molecule has 0 aliphatic carbocycles. The van der Waals surface area contributed by atoms with Gasteiger partial charge < -0.3 is 15.8 Å². The lowest BCUT2D eigenvalue weighted by Crippen LogP contribution is -2.27. The Morgan fingerprint density at radius 2 is 2.37 bits per heavy atom. The summed E-state index contributed by atoms with van der Waals surface area (Å²) >= 11 is 0. The van der Waals surface area contributed by atoms with E-state index in [4.69, 9.17) is 10.9 Å². The standard InChI is InChI=1S/C12H16N4O3/c1-8-3-2-6-15(8)10-5-4-9(12(13)14-17)7-11(10)16(18)19/h4-5,7-8,17H,2-3,6H2,1H3,(H2,13,14). The third kappa shape index (κ3) is 2.44. The van der Waals surface area contributed by atoms with E-state index in [9.17, 15) is 10.1 Å². The molecule has 3 N–H and O–H groups in total. The van der Waals surface area contributed by atoms with Crippen molar-refractivity contribution in [3.63, 3.8) is 0 Å². The van der Waals surface area contributed by atoms with Crippen molar-refractivity contribution in [2.75, 3.05) is 11.4 Å². The van der Waals surface area contributed by atoms with E-state index in [1.54, 1.807) is 12.1 Å². The maximum atomic E-state index is 11.2. The van der Waals surface area contributed by atoms with Crippen LogP contribution in [0.25, 0.3) is 0 Å². The van der Waals surface area contributed by atoms with Gasteiger partial charge in [-0.15, -0.1) is 0 Å². The van der Waals surface area contributed by atoms with Gasteiger partial charge in [-0.25, -0.2) is 0 Å². The summed E-state index contributed by atoms with van der Waals surface area (Å²) in [4.78, 5) is 12.8. The highest BCUT2D eigenvalue weighted by Crippen LogP contribution is 2.34. The van der Waals surface area contributed by atoms with Gasteiger partial charge in [0, 0.05) is 24.2 Å². The third-order valence-corrected chi connectivity index (χ3v) is 3.44. The summed E-state index contributed by atoms with van der Waals surface area (Å²) in [5.41, 5.74) is 6.37. The van der Waals surface area contributed by atoms with Crippen molar-refractivity contribution in [2.45, 2.75) is 25.8 Å². The molecule has 0 bridgehead atoms. The summed E-state index contributed by atoms with van der Waals surface area (Å²) in [6.07, 6.45) is 2.06. The Balaban J connectivity index is 2.47. The highest BCUT2D eigenvalue weighted by molar-refractivity contribution is 5.98.